The van der Waals surface area contributed by atoms with E-state index in [2.05, 4.69) is 16.0 Å². The minimum absolute atomic E-state index is 0.0376. The van der Waals surface area contributed by atoms with Gasteiger partial charge in [-0.25, -0.2) is 0 Å². The number of anilines is 2. The van der Waals surface area contributed by atoms with E-state index in [0.717, 1.165) is 12.8 Å². The van der Waals surface area contributed by atoms with Crippen LogP contribution in [0.25, 0.3) is 0 Å². The van der Waals surface area contributed by atoms with Crippen LogP contribution in [0.15, 0.2) is 18.2 Å². The monoisotopic (exact) mass is 331 g/mol. The third-order valence-electron chi connectivity index (χ3n) is 4.84. The molecule has 2 heterocycles. The number of benzene rings is 1. The van der Waals surface area contributed by atoms with Gasteiger partial charge in [-0.2, -0.15) is 0 Å². The molecule has 2 unspecified atom stereocenters. The summed E-state index contributed by atoms with van der Waals surface area (Å²) in [6.45, 7) is 1.45. The number of nitrogens with one attached hydrogen (secondary N) is 3. The van der Waals surface area contributed by atoms with E-state index >= 15 is 0 Å². The van der Waals surface area contributed by atoms with Gasteiger partial charge in [0, 0.05) is 37.2 Å². The van der Waals surface area contributed by atoms with E-state index in [4.69, 9.17) is 4.74 Å². The minimum atomic E-state index is -0.161. The van der Waals surface area contributed by atoms with E-state index in [1.807, 2.05) is 0 Å². The summed E-state index contributed by atoms with van der Waals surface area (Å²) in [5.41, 5.74) is 1.28. The van der Waals surface area contributed by atoms with Crippen molar-refractivity contribution in [2.24, 2.45) is 5.92 Å². The number of amides is 2. The summed E-state index contributed by atoms with van der Waals surface area (Å²) in [5, 5.41) is 9.24. The summed E-state index contributed by atoms with van der Waals surface area (Å²) in [5.74, 6) is 0.869. The van der Waals surface area contributed by atoms with Gasteiger partial charge in [-0.1, -0.05) is 0 Å². The van der Waals surface area contributed by atoms with Crippen molar-refractivity contribution < 1.29 is 14.3 Å². The molecule has 0 aromatic heterocycles. The second kappa shape index (κ2) is 7.21. The van der Waals surface area contributed by atoms with E-state index in [1.165, 1.54) is 26.9 Å². The number of ether oxygens (including phenoxy) is 1. The number of piperidine rings is 1. The minimum Gasteiger partial charge on any atom is -0.494 e. The molecule has 2 atom stereocenters. The van der Waals surface area contributed by atoms with Crippen molar-refractivity contribution >= 4 is 23.2 Å². The van der Waals surface area contributed by atoms with Crippen LogP contribution in [0.4, 0.5) is 11.4 Å². The summed E-state index contributed by atoms with van der Waals surface area (Å²) in [6.07, 6.45) is 5.23. The van der Waals surface area contributed by atoms with Gasteiger partial charge in [0.2, 0.25) is 11.8 Å². The largest absolute Gasteiger partial charge is 0.494 e. The maximum atomic E-state index is 12.3. The Labute approximate surface area is 142 Å². The molecule has 6 nitrogen and oxygen atoms in total. The SMILES string of the molecule is COc1cc(NC(=O)CC2CC3CCC(C2)N3)ccc1NC(C)=O. The Morgan fingerprint density at radius 1 is 1.21 bits per heavy atom. The van der Waals surface area contributed by atoms with Crippen LogP contribution in [0.1, 0.15) is 39.0 Å². The molecule has 1 aromatic rings. The van der Waals surface area contributed by atoms with E-state index in [-0.39, 0.29) is 11.8 Å². The fourth-order valence-corrected chi connectivity index (χ4v) is 3.88. The van der Waals surface area contributed by atoms with Gasteiger partial charge < -0.3 is 20.7 Å². The Hall–Kier alpha value is -2.08. The van der Waals surface area contributed by atoms with Crippen molar-refractivity contribution in [1.29, 1.82) is 0 Å². The first-order valence-corrected chi connectivity index (χ1v) is 8.55. The molecule has 3 N–H and O–H groups in total. The molecular weight excluding hydrogens is 306 g/mol. The van der Waals surface area contributed by atoms with Crippen LogP contribution in [0.3, 0.4) is 0 Å². The van der Waals surface area contributed by atoms with Crippen molar-refractivity contribution in [2.75, 3.05) is 17.7 Å². The van der Waals surface area contributed by atoms with Crippen LogP contribution in [0.5, 0.6) is 5.75 Å². The standard InChI is InChI=1S/C18H25N3O3/c1-11(22)19-16-6-5-15(10-17(16)24-2)21-18(23)9-12-7-13-3-4-14(8-12)20-13/h5-6,10,12-14,20H,3-4,7-9H2,1-2H3,(H,19,22)(H,21,23). The Bertz CT molecular complexity index is 620. The number of carbonyl (C=O) groups excluding carboxylic acids is 2. The lowest BCUT2D eigenvalue weighted by Crippen LogP contribution is -2.39. The zero-order chi connectivity index (χ0) is 17.1. The molecule has 130 valence electrons. The lowest BCUT2D eigenvalue weighted by atomic mass is 9.89. The van der Waals surface area contributed by atoms with Gasteiger partial charge >= 0.3 is 0 Å². The second-order valence-corrected chi connectivity index (χ2v) is 6.82. The topological polar surface area (TPSA) is 79.5 Å². The van der Waals surface area contributed by atoms with Crippen LogP contribution in [-0.2, 0) is 9.59 Å². The fourth-order valence-electron chi connectivity index (χ4n) is 3.88. The number of methoxy groups -OCH3 is 1. The fraction of sp³-hybridized carbons (Fsp3) is 0.556. The molecule has 6 heteroatoms. The maximum absolute atomic E-state index is 12.3. The van der Waals surface area contributed by atoms with E-state index in [0.29, 0.717) is 41.5 Å². The first kappa shape index (κ1) is 16.8. The molecule has 0 spiro atoms. The summed E-state index contributed by atoms with van der Waals surface area (Å²) in [7, 11) is 1.54. The van der Waals surface area contributed by atoms with Crippen molar-refractivity contribution in [1.82, 2.24) is 5.32 Å². The zero-order valence-corrected chi connectivity index (χ0v) is 14.2. The number of hydrogen-bond donors (Lipinski definition) is 3. The molecule has 2 fully saturated rings. The Morgan fingerprint density at radius 3 is 2.54 bits per heavy atom. The predicted molar refractivity (Wildman–Crippen MR) is 93.2 cm³/mol. The first-order valence-electron chi connectivity index (χ1n) is 8.55. The predicted octanol–water partition coefficient (Wildman–Crippen LogP) is 2.51. The van der Waals surface area contributed by atoms with Crippen molar-refractivity contribution in [3.8, 4) is 5.75 Å². The summed E-state index contributed by atoms with van der Waals surface area (Å²) in [4.78, 5) is 23.5. The second-order valence-electron chi connectivity index (χ2n) is 6.82. The normalized spacial score (nSPS) is 25.2. The third kappa shape index (κ3) is 4.06. The molecule has 2 aliphatic heterocycles. The highest BCUT2D eigenvalue weighted by Crippen LogP contribution is 2.33. The highest BCUT2D eigenvalue weighted by Gasteiger charge is 2.34. The van der Waals surface area contributed by atoms with Crippen molar-refractivity contribution in [3.05, 3.63) is 18.2 Å². The molecule has 24 heavy (non-hydrogen) atoms. The lowest BCUT2D eigenvalue weighted by molar-refractivity contribution is -0.117. The van der Waals surface area contributed by atoms with Crippen LogP contribution < -0.4 is 20.7 Å². The smallest absolute Gasteiger partial charge is 0.224 e. The molecule has 0 aliphatic carbocycles. The number of rotatable bonds is 5. The number of carbonyl (C=O) groups is 2. The first-order chi connectivity index (χ1) is 11.5. The molecule has 2 amide bonds. The van der Waals surface area contributed by atoms with Gasteiger partial charge in [-0.3, -0.25) is 9.59 Å². The van der Waals surface area contributed by atoms with E-state index in [9.17, 15) is 9.59 Å². The van der Waals surface area contributed by atoms with E-state index in [1.54, 1.807) is 18.2 Å². The molecular formula is C18H25N3O3. The van der Waals surface area contributed by atoms with Crippen molar-refractivity contribution in [2.45, 2.75) is 51.1 Å². The Kier molecular flexibility index (Phi) is 5.04. The number of hydrogen-bond acceptors (Lipinski definition) is 4. The average Bonchev–Trinajstić information content (AvgIpc) is 2.87. The summed E-state index contributed by atoms with van der Waals surface area (Å²) in [6, 6.07) is 6.44. The Balaban J connectivity index is 1.58. The maximum Gasteiger partial charge on any atom is 0.224 e. The summed E-state index contributed by atoms with van der Waals surface area (Å²) >= 11 is 0. The Morgan fingerprint density at radius 2 is 1.92 bits per heavy atom. The molecule has 2 aliphatic rings. The van der Waals surface area contributed by atoms with Crippen LogP contribution in [0, 0.1) is 5.92 Å². The van der Waals surface area contributed by atoms with Gasteiger partial charge in [-0.15, -0.1) is 0 Å². The number of fused-ring (bicyclic) bond motifs is 2. The molecule has 3 rings (SSSR count). The van der Waals surface area contributed by atoms with Gasteiger partial charge in [0.1, 0.15) is 5.75 Å². The summed E-state index contributed by atoms with van der Waals surface area (Å²) < 4.78 is 5.28. The molecule has 2 saturated heterocycles. The van der Waals surface area contributed by atoms with Crippen LogP contribution in [-0.4, -0.2) is 31.0 Å². The van der Waals surface area contributed by atoms with Gasteiger partial charge in [0.15, 0.2) is 0 Å². The molecule has 0 radical (unpaired) electrons. The van der Waals surface area contributed by atoms with Crippen molar-refractivity contribution in [3.63, 3.8) is 0 Å². The average molecular weight is 331 g/mol. The third-order valence-corrected chi connectivity index (χ3v) is 4.84. The molecule has 0 saturated carbocycles. The van der Waals surface area contributed by atoms with Crippen LogP contribution in [0.2, 0.25) is 0 Å². The zero-order valence-electron chi connectivity index (χ0n) is 14.2. The van der Waals surface area contributed by atoms with Gasteiger partial charge in [0.25, 0.3) is 0 Å². The highest BCUT2D eigenvalue weighted by molar-refractivity contribution is 5.93. The molecule has 1 aromatic carbocycles. The lowest BCUT2D eigenvalue weighted by Gasteiger charge is -2.28. The highest BCUT2D eigenvalue weighted by atomic mass is 16.5. The molecule has 2 bridgehead atoms. The van der Waals surface area contributed by atoms with Gasteiger partial charge in [-0.05, 0) is 43.7 Å². The van der Waals surface area contributed by atoms with Gasteiger partial charge in [0.05, 0.1) is 12.8 Å². The quantitative estimate of drug-likeness (QED) is 0.774. The van der Waals surface area contributed by atoms with Crippen LogP contribution >= 0.6 is 0 Å². The van der Waals surface area contributed by atoms with E-state index < -0.39 is 0 Å².